The number of nitrogens with zero attached hydrogens (tertiary/aromatic N) is 1. The molecule has 0 saturated carbocycles. The number of ether oxygens (including phenoxy) is 2. The van der Waals surface area contributed by atoms with Crippen molar-refractivity contribution in [1.82, 2.24) is 10.3 Å². The number of carbonyl (C=O) groups is 1. The second kappa shape index (κ2) is 7.17. The van der Waals surface area contributed by atoms with Crippen molar-refractivity contribution in [3.05, 3.63) is 59.4 Å². The molecule has 124 valence electrons. The van der Waals surface area contributed by atoms with Crippen molar-refractivity contribution in [3.8, 4) is 11.5 Å². The van der Waals surface area contributed by atoms with Crippen LogP contribution >= 0.6 is 0 Å². The van der Waals surface area contributed by atoms with Gasteiger partial charge in [-0.05, 0) is 49.8 Å². The van der Waals surface area contributed by atoms with Gasteiger partial charge in [0, 0.05) is 18.0 Å². The van der Waals surface area contributed by atoms with Crippen molar-refractivity contribution in [2.24, 2.45) is 0 Å². The van der Waals surface area contributed by atoms with Gasteiger partial charge < -0.3 is 14.8 Å². The van der Waals surface area contributed by atoms with Gasteiger partial charge in [0.25, 0.3) is 5.91 Å². The first kappa shape index (κ1) is 16.1. The van der Waals surface area contributed by atoms with Crippen molar-refractivity contribution < 1.29 is 14.3 Å². The first-order chi connectivity index (χ1) is 11.7. The molecule has 0 spiro atoms. The van der Waals surface area contributed by atoms with Crippen LogP contribution in [-0.2, 0) is 4.79 Å². The minimum atomic E-state index is -0.140. The van der Waals surface area contributed by atoms with Crippen LogP contribution in [0.1, 0.15) is 31.0 Å². The summed E-state index contributed by atoms with van der Waals surface area (Å²) in [4.78, 5) is 16.6. The molecule has 0 radical (unpaired) electrons. The van der Waals surface area contributed by atoms with E-state index in [-0.39, 0.29) is 18.6 Å². The van der Waals surface area contributed by atoms with Crippen LogP contribution in [0.15, 0.2) is 48.3 Å². The van der Waals surface area contributed by atoms with Crippen molar-refractivity contribution in [3.63, 3.8) is 0 Å². The molecule has 1 aromatic carbocycles. The summed E-state index contributed by atoms with van der Waals surface area (Å²) in [5.41, 5.74) is 2.40. The van der Waals surface area contributed by atoms with E-state index < -0.39 is 0 Å². The standard InChI is InChI=1S/C19H20N2O3/c1-3-23-17-6-7-18-15(10-17)9-16(12-24-18)19(22)21-13(2)14-5-4-8-20-11-14/h4-11,13H,3,12H2,1-2H3,(H,21,22)/t13-/m1/s1. The number of aromatic nitrogens is 1. The number of nitrogens with one attached hydrogen (secondary N) is 1. The summed E-state index contributed by atoms with van der Waals surface area (Å²) < 4.78 is 11.2. The predicted octanol–water partition coefficient (Wildman–Crippen LogP) is 3.13. The maximum Gasteiger partial charge on any atom is 0.251 e. The van der Waals surface area contributed by atoms with Gasteiger partial charge in [-0.2, -0.15) is 0 Å². The second-order valence-electron chi connectivity index (χ2n) is 5.57. The molecule has 5 nitrogen and oxygen atoms in total. The fourth-order valence-electron chi connectivity index (χ4n) is 2.55. The molecule has 0 aliphatic carbocycles. The van der Waals surface area contributed by atoms with Gasteiger partial charge in [-0.3, -0.25) is 9.78 Å². The minimum absolute atomic E-state index is 0.122. The summed E-state index contributed by atoms with van der Waals surface area (Å²) in [6.07, 6.45) is 5.31. The zero-order chi connectivity index (χ0) is 16.9. The van der Waals surface area contributed by atoms with E-state index in [1.165, 1.54) is 0 Å². The fourth-order valence-corrected chi connectivity index (χ4v) is 2.55. The molecule has 1 atom stereocenters. The van der Waals surface area contributed by atoms with Crippen LogP contribution in [0.4, 0.5) is 0 Å². The third-order valence-corrected chi connectivity index (χ3v) is 3.83. The van der Waals surface area contributed by atoms with Crippen molar-refractivity contribution >= 4 is 12.0 Å². The molecule has 1 aliphatic heterocycles. The molecule has 0 bridgehead atoms. The lowest BCUT2D eigenvalue weighted by Crippen LogP contribution is -2.30. The Hall–Kier alpha value is -2.82. The molecule has 1 amide bonds. The number of carbonyl (C=O) groups excluding carboxylic acids is 1. The molecule has 1 aromatic heterocycles. The lowest BCUT2D eigenvalue weighted by Gasteiger charge is -2.20. The van der Waals surface area contributed by atoms with Gasteiger partial charge in [0.05, 0.1) is 18.2 Å². The number of hydrogen-bond donors (Lipinski definition) is 1. The summed E-state index contributed by atoms with van der Waals surface area (Å²) in [5, 5.41) is 2.98. The molecule has 2 aromatic rings. The molecule has 2 heterocycles. The normalized spacial score (nSPS) is 14.0. The molecule has 1 aliphatic rings. The fraction of sp³-hybridized carbons (Fsp3) is 0.263. The summed E-state index contributed by atoms with van der Waals surface area (Å²) in [7, 11) is 0. The van der Waals surface area contributed by atoms with Crippen molar-refractivity contribution in [1.29, 1.82) is 0 Å². The topological polar surface area (TPSA) is 60.5 Å². The van der Waals surface area contributed by atoms with E-state index in [9.17, 15) is 4.79 Å². The van der Waals surface area contributed by atoms with Gasteiger partial charge in [-0.25, -0.2) is 0 Å². The van der Waals surface area contributed by atoms with Crippen molar-refractivity contribution in [2.45, 2.75) is 19.9 Å². The van der Waals surface area contributed by atoms with Crippen LogP contribution in [0.3, 0.4) is 0 Å². The van der Waals surface area contributed by atoms with Crippen LogP contribution < -0.4 is 14.8 Å². The van der Waals surface area contributed by atoms with E-state index in [1.807, 2.05) is 50.3 Å². The van der Waals surface area contributed by atoms with Crippen LogP contribution in [0, 0.1) is 0 Å². The number of rotatable bonds is 5. The molecule has 0 unspecified atom stereocenters. The first-order valence-corrected chi connectivity index (χ1v) is 7.98. The third kappa shape index (κ3) is 3.56. The largest absolute Gasteiger partial charge is 0.494 e. The monoisotopic (exact) mass is 324 g/mol. The van der Waals surface area contributed by atoms with Gasteiger partial charge in [0.15, 0.2) is 0 Å². The Balaban J connectivity index is 1.75. The average molecular weight is 324 g/mol. The van der Waals surface area contributed by atoms with E-state index in [0.29, 0.717) is 12.2 Å². The number of benzene rings is 1. The van der Waals surface area contributed by atoms with Crippen molar-refractivity contribution in [2.75, 3.05) is 13.2 Å². The van der Waals surface area contributed by atoms with Crippen LogP contribution in [0.5, 0.6) is 11.5 Å². The smallest absolute Gasteiger partial charge is 0.251 e. The average Bonchev–Trinajstić information content (AvgIpc) is 2.62. The van der Waals surface area contributed by atoms with E-state index in [1.54, 1.807) is 12.4 Å². The Bertz CT molecular complexity index is 756. The summed E-state index contributed by atoms with van der Waals surface area (Å²) in [6, 6.07) is 9.29. The molecule has 0 saturated heterocycles. The lowest BCUT2D eigenvalue weighted by molar-refractivity contribution is -0.118. The zero-order valence-electron chi connectivity index (χ0n) is 13.8. The van der Waals surface area contributed by atoms with Crippen LogP contribution in [-0.4, -0.2) is 24.1 Å². The highest BCUT2D eigenvalue weighted by Crippen LogP contribution is 2.30. The summed E-state index contributed by atoms with van der Waals surface area (Å²) in [6.45, 7) is 4.72. The zero-order valence-corrected chi connectivity index (χ0v) is 13.8. The third-order valence-electron chi connectivity index (χ3n) is 3.83. The number of pyridine rings is 1. The number of amides is 1. The highest BCUT2D eigenvalue weighted by molar-refractivity contribution is 5.99. The Labute approximate surface area is 141 Å². The predicted molar refractivity (Wildman–Crippen MR) is 91.9 cm³/mol. The van der Waals surface area contributed by atoms with Gasteiger partial charge in [0.1, 0.15) is 18.1 Å². The second-order valence-corrected chi connectivity index (χ2v) is 5.57. The summed E-state index contributed by atoms with van der Waals surface area (Å²) >= 11 is 0. The molecule has 1 N–H and O–H groups in total. The van der Waals surface area contributed by atoms with Gasteiger partial charge >= 0.3 is 0 Å². The van der Waals surface area contributed by atoms with E-state index >= 15 is 0 Å². The SMILES string of the molecule is CCOc1ccc2c(c1)C=C(C(=O)N[C@H](C)c1cccnc1)CO2. The minimum Gasteiger partial charge on any atom is -0.494 e. The number of hydrogen-bond acceptors (Lipinski definition) is 4. The van der Waals surface area contributed by atoms with E-state index in [0.717, 1.165) is 22.6 Å². The Morgan fingerprint density at radius 2 is 2.29 bits per heavy atom. The molecule has 0 fully saturated rings. The molecule has 3 rings (SSSR count). The highest BCUT2D eigenvalue weighted by Gasteiger charge is 2.19. The van der Waals surface area contributed by atoms with Gasteiger partial charge in [-0.1, -0.05) is 6.07 Å². The van der Waals surface area contributed by atoms with Crippen LogP contribution in [0.25, 0.3) is 6.08 Å². The maximum atomic E-state index is 12.5. The van der Waals surface area contributed by atoms with E-state index in [2.05, 4.69) is 10.3 Å². The maximum absolute atomic E-state index is 12.5. The van der Waals surface area contributed by atoms with Gasteiger partial charge in [-0.15, -0.1) is 0 Å². The molecular weight excluding hydrogens is 304 g/mol. The molecular formula is C19H20N2O3. The Morgan fingerprint density at radius 1 is 1.42 bits per heavy atom. The number of fused-ring (bicyclic) bond motifs is 1. The van der Waals surface area contributed by atoms with E-state index in [4.69, 9.17) is 9.47 Å². The Kier molecular flexibility index (Phi) is 4.79. The Morgan fingerprint density at radius 3 is 3.04 bits per heavy atom. The summed E-state index contributed by atoms with van der Waals surface area (Å²) in [5.74, 6) is 1.38. The molecule has 24 heavy (non-hydrogen) atoms. The first-order valence-electron chi connectivity index (χ1n) is 7.98. The quantitative estimate of drug-likeness (QED) is 0.918. The lowest BCUT2D eigenvalue weighted by atomic mass is 10.1. The highest BCUT2D eigenvalue weighted by atomic mass is 16.5. The van der Waals surface area contributed by atoms with Gasteiger partial charge in [0.2, 0.25) is 0 Å². The molecule has 5 heteroatoms. The van der Waals surface area contributed by atoms with Crippen LogP contribution in [0.2, 0.25) is 0 Å².